The van der Waals surface area contributed by atoms with Gasteiger partial charge in [-0.2, -0.15) is 5.26 Å². The predicted molar refractivity (Wildman–Crippen MR) is 79.2 cm³/mol. The Kier molecular flexibility index (Phi) is 6.00. The maximum Gasteiger partial charge on any atom is 0.0991 e. The monoisotopic (exact) mass is 273 g/mol. The zero-order valence-electron chi connectivity index (χ0n) is 11.9. The Morgan fingerprint density at radius 3 is 2.55 bits per heavy atom. The van der Waals surface area contributed by atoms with E-state index in [-0.39, 0.29) is 6.61 Å². The first-order chi connectivity index (χ1) is 9.81. The molecule has 1 fully saturated rings. The number of nitriles is 1. The van der Waals surface area contributed by atoms with E-state index in [9.17, 15) is 0 Å². The first-order valence-electron chi connectivity index (χ1n) is 7.37. The van der Waals surface area contributed by atoms with E-state index < -0.39 is 0 Å². The summed E-state index contributed by atoms with van der Waals surface area (Å²) in [5.41, 5.74) is 2.00. The molecule has 2 N–H and O–H groups in total. The smallest absolute Gasteiger partial charge is 0.0991 e. The molecular weight excluding hydrogens is 250 g/mol. The Hall–Kier alpha value is -1.41. The predicted octanol–water partition coefficient (Wildman–Crippen LogP) is 1.49. The summed E-state index contributed by atoms with van der Waals surface area (Å²) in [6, 6.07) is 10.6. The second kappa shape index (κ2) is 8.01. The van der Waals surface area contributed by atoms with Gasteiger partial charge in [-0.3, -0.25) is 4.90 Å². The molecule has 1 heterocycles. The van der Waals surface area contributed by atoms with Crippen molar-refractivity contribution in [1.82, 2.24) is 10.2 Å². The number of nitrogens with one attached hydrogen (secondary N) is 1. The summed E-state index contributed by atoms with van der Waals surface area (Å²) in [6.45, 7) is 4.37. The van der Waals surface area contributed by atoms with E-state index in [0.29, 0.717) is 6.04 Å². The van der Waals surface area contributed by atoms with Crippen LogP contribution in [0.5, 0.6) is 0 Å². The van der Waals surface area contributed by atoms with Gasteiger partial charge in [0.15, 0.2) is 0 Å². The lowest BCUT2D eigenvalue weighted by Crippen LogP contribution is -2.42. The summed E-state index contributed by atoms with van der Waals surface area (Å²) in [5, 5.41) is 21.1. The van der Waals surface area contributed by atoms with Crippen molar-refractivity contribution < 1.29 is 5.11 Å². The molecule has 1 aliphatic rings. The lowest BCUT2D eigenvalue weighted by molar-refractivity contribution is 0.188. The van der Waals surface area contributed by atoms with Gasteiger partial charge >= 0.3 is 0 Å². The number of nitrogens with zero attached hydrogens (tertiary/aromatic N) is 2. The molecule has 0 aliphatic carbocycles. The summed E-state index contributed by atoms with van der Waals surface area (Å²) in [4.78, 5) is 2.46. The first kappa shape index (κ1) is 15.0. The molecule has 0 bridgehead atoms. The second-order valence-electron chi connectivity index (χ2n) is 5.39. The average Bonchev–Trinajstić information content (AvgIpc) is 2.50. The molecule has 0 spiro atoms. The molecule has 0 atom stereocenters. The Morgan fingerprint density at radius 2 is 1.95 bits per heavy atom. The average molecular weight is 273 g/mol. The van der Waals surface area contributed by atoms with Gasteiger partial charge < -0.3 is 10.4 Å². The van der Waals surface area contributed by atoms with Crippen LogP contribution < -0.4 is 5.32 Å². The summed E-state index contributed by atoms with van der Waals surface area (Å²) in [7, 11) is 0. The van der Waals surface area contributed by atoms with Crippen LogP contribution in [-0.4, -0.2) is 42.3 Å². The fraction of sp³-hybridized carbons (Fsp3) is 0.562. The lowest BCUT2D eigenvalue weighted by atomic mass is 10.0. The summed E-state index contributed by atoms with van der Waals surface area (Å²) in [5.74, 6) is 0. The minimum atomic E-state index is 0.268. The molecule has 108 valence electrons. The van der Waals surface area contributed by atoms with Gasteiger partial charge in [-0.15, -0.1) is 0 Å². The van der Waals surface area contributed by atoms with E-state index in [2.05, 4.69) is 16.3 Å². The van der Waals surface area contributed by atoms with Gasteiger partial charge in [-0.25, -0.2) is 0 Å². The molecule has 4 heteroatoms. The van der Waals surface area contributed by atoms with Crippen LogP contribution >= 0.6 is 0 Å². The number of piperidine rings is 1. The van der Waals surface area contributed by atoms with Crippen LogP contribution in [-0.2, 0) is 6.54 Å². The number of benzene rings is 1. The van der Waals surface area contributed by atoms with Crippen LogP contribution in [0.15, 0.2) is 24.3 Å². The fourth-order valence-electron chi connectivity index (χ4n) is 2.62. The summed E-state index contributed by atoms with van der Waals surface area (Å²) in [6.07, 6.45) is 3.18. The van der Waals surface area contributed by atoms with Crippen LogP contribution in [0.3, 0.4) is 0 Å². The molecule has 0 unspecified atom stereocenters. The van der Waals surface area contributed by atoms with Crippen molar-refractivity contribution in [3.05, 3.63) is 35.4 Å². The molecule has 0 aromatic heterocycles. The normalized spacial score (nSPS) is 17.0. The highest BCUT2D eigenvalue weighted by Gasteiger charge is 2.18. The maximum atomic E-state index is 8.78. The van der Waals surface area contributed by atoms with Gasteiger partial charge in [0.1, 0.15) is 0 Å². The SMILES string of the molecule is N#Cc1ccc(CN2CCC(NCCCO)CC2)cc1. The van der Waals surface area contributed by atoms with Gasteiger partial charge in [0.2, 0.25) is 0 Å². The Morgan fingerprint density at radius 1 is 1.25 bits per heavy atom. The lowest BCUT2D eigenvalue weighted by Gasteiger charge is -2.32. The van der Waals surface area contributed by atoms with Gasteiger partial charge in [0.05, 0.1) is 11.6 Å². The number of aliphatic hydroxyl groups excluding tert-OH is 1. The zero-order chi connectivity index (χ0) is 14.2. The van der Waals surface area contributed by atoms with Crippen LogP contribution in [0.25, 0.3) is 0 Å². The zero-order valence-corrected chi connectivity index (χ0v) is 11.9. The topological polar surface area (TPSA) is 59.3 Å². The van der Waals surface area contributed by atoms with Crippen molar-refractivity contribution >= 4 is 0 Å². The third kappa shape index (κ3) is 4.61. The van der Waals surface area contributed by atoms with Crippen molar-refractivity contribution in [2.24, 2.45) is 0 Å². The second-order valence-corrected chi connectivity index (χ2v) is 5.39. The van der Waals surface area contributed by atoms with Crippen LogP contribution in [0.4, 0.5) is 0 Å². The third-order valence-electron chi connectivity index (χ3n) is 3.84. The Labute approximate surface area is 121 Å². The maximum absolute atomic E-state index is 8.78. The van der Waals surface area contributed by atoms with Crippen molar-refractivity contribution in [2.75, 3.05) is 26.2 Å². The van der Waals surface area contributed by atoms with Crippen molar-refractivity contribution in [2.45, 2.75) is 31.8 Å². The molecule has 2 rings (SSSR count). The van der Waals surface area contributed by atoms with Gasteiger partial charge in [0, 0.05) is 19.2 Å². The van der Waals surface area contributed by atoms with E-state index >= 15 is 0 Å². The van der Waals surface area contributed by atoms with Crippen LogP contribution in [0.2, 0.25) is 0 Å². The highest BCUT2D eigenvalue weighted by atomic mass is 16.3. The van der Waals surface area contributed by atoms with Gasteiger partial charge in [0.25, 0.3) is 0 Å². The molecule has 0 radical (unpaired) electrons. The van der Waals surface area contributed by atoms with Gasteiger partial charge in [-0.05, 0) is 56.6 Å². The number of likely N-dealkylation sites (tertiary alicyclic amines) is 1. The van der Waals surface area contributed by atoms with Crippen molar-refractivity contribution in [3.63, 3.8) is 0 Å². The van der Waals surface area contributed by atoms with E-state index in [4.69, 9.17) is 10.4 Å². The molecular formula is C16H23N3O. The standard InChI is InChI=1S/C16H23N3O/c17-12-14-2-4-15(5-3-14)13-19-9-6-16(7-10-19)18-8-1-11-20/h2-5,16,18,20H,1,6-11,13H2. The van der Waals surface area contributed by atoms with Crippen molar-refractivity contribution in [3.8, 4) is 6.07 Å². The summed E-state index contributed by atoms with van der Waals surface area (Å²) >= 11 is 0. The molecule has 1 aromatic carbocycles. The highest BCUT2D eigenvalue weighted by molar-refractivity contribution is 5.31. The molecule has 1 aliphatic heterocycles. The Balaban J connectivity index is 1.72. The number of hydrogen-bond donors (Lipinski definition) is 2. The summed E-state index contributed by atoms with van der Waals surface area (Å²) < 4.78 is 0. The van der Waals surface area contributed by atoms with E-state index in [0.717, 1.165) is 38.2 Å². The third-order valence-corrected chi connectivity index (χ3v) is 3.84. The number of rotatable bonds is 6. The van der Waals surface area contributed by atoms with Crippen LogP contribution in [0.1, 0.15) is 30.4 Å². The van der Waals surface area contributed by atoms with Gasteiger partial charge in [-0.1, -0.05) is 12.1 Å². The number of aliphatic hydroxyl groups is 1. The van der Waals surface area contributed by atoms with E-state index in [1.54, 1.807) is 0 Å². The van der Waals surface area contributed by atoms with Crippen molar-refractivity contribution in [1.29, 1.82) is 5.26 Å². The Bertz CT molecular complexity index is 430. The minimum absolute atomic E-state index is 0.268. The largest absolute Gasteiger partial charge is 0.396 e. The highest BCUT2D eigenvalue weighted by Crippen LogP contribution is 2.14. The fourth-order valence-corrected chi connectivity index (χ4v) is 2.62. The molecule has 1 aromatic rings. The van der Waals surface area contributed by atoms with Crippen LogP contribution in [0, 0.1) is 11.3 Å². The van der Waals surface area contributed by atoms with E-state index in [1.165, 1.54) is 18.4 Å². The molecule has 4 nitrogen and oxygen atoms in total. The molecule has 0 saturated carbocycles. The molecule has 1 saturated heterocycles. The number of hydrogen-bond acceptors (Lipinski definition) is 4. The minimum Gasteiger partial charge on any atom is -0.396 e. The first-order valence-corrected chi connectivity index (χ1v) is 7.37. The quantitative estimate of drug-likeness (QED) is 0.771. The molecule has 0 amide bonds. The van der Waals surface area contributed by atoms with E-state index in [1.807, 2.05) is 24.3 Å². The molecule has 20 heavy (non-hydrogen) atoms.